The Bertz CT molecular complexity index is 761. The number of benzene rings is 1. The number of nitrogens with two attached hydrogens (primary N) is 1. The minimum Gasteiger partial charge on any atom is -0.341 e. The topological polar surface area (TPSA) is 83.7 Å². The molecule has 0 aliphatic carbocycles. The van der Waals surface area contributed by atoms with Gasteiger partial charge in [-0.15, -0.1) is 12.4 Å². The summed E-state index contributed by atoms with van der Waals surface area (Å²) in [5.74, 6) is 0.0488. The van der Waals surface area contributed by atoms with Gasteiger partial charge in [-0.25, -0.2) is 8.42 Å². The summed E-state index contributed by atoms with van der Waals surface area (Å²) in [5, 5.41) is 0. The highest BCUT2D eigenvalue weighted by molar-refractivity contribution is 7.89. The van der Waals surface area contributed by atoms with Crippen LogP contribution in [0, 0.1) is 19.8 Å². The quantitative estimate of drug-likeness (QED) is 0.835. The van der Waals surface area contributed by atoms with Gasteiger partial charge in [-0.2, -0.15) is 4.31 Å². The Morgan fingerprint density at radius 2 is 1.73 bits per heavy atom. The van der Waals surface area contributed by atoms with Crippen LogP contribution in [0.15, 0.2) is 23.1 Å². The molecular formula is C18H28ClN3O3S. The van der Waals surface area contributed by atoms with Crippen molar-refractivity contribution in [2.24, 2.45) is 11.7 Å². The molecule has 146 valence electrons. The van der Waals surface area contributed by atoms with Crippen molar-refractivity contribution in [3.63, 3.8) is 0 Å². The van der Waals surface area contributed by atoms with Crippen molar-refractivity contribution < 1.29 is 13.2 Å². The maximum Gasteiger partial charge on any atom is 0.243 e. The third kappa shape index (κ3) is 4.22. The molecule has 1 aromatic rings. The van der Waals surface area contributed by atoms with Gasteiger partial charge < -0.3 is 10.6 Å². The summed E-state index contributed by atoms with van der Waals surface area (Å²) >= 11 is 0. The molecule has 2 saturated heterocycles. The molecule has 0 aromatic heterocycles. The van der Waals surface area contributed by atoms with Crippen molar-refractivity contribution in [2.45, 2.75) is 44.0 Å². The largest absolute Gasteiger partial charge is 0.341 e. The number of carbonyl (C=O) groups is 1. The van der Waals surface area contributed by atoms with Crippen molar-refractivity contribution in [2.75, 3.05) is 26.2 Å². The van der Waals surface area contributed by atoms with Crippen LogP contribution >= 0.6 is 12.4 Å². The van der Waals surface area contributed by atoms with Crippen LogP contribution < -0.4 is 5.73 Å². The number of piperidine rings is 1. The standard InChI is InChI=1S/C18H27N3O3S.ClH/c1-13-3-4-17(11-14(13)2)25(23,24)21-9-5-15(6-10-21)18(22)20-8-7-16(19)12-20;/h3-4,11,15-16H,5-10,12,19H2,1-2H3;1H/t16-;/m1./s1. The van der Waals surface area contributed by atoms with Crippen molar-refractivity contribution in [3.05, 3.63) is 29.3 Å². The fraction of sp³-hybridized carbons (Fsp3) is 0.611. The lowest BCUT2D eigenvalue weighted by molar-refractivity contribution is -0.135. The van der Waals surface area contributed by atoms with E-state index in [4.69, 9.17) is 5.73 Å². The van der Waals surface area contributed by atoms with Gasteiger partial charge in [-0.1, -0.05) is 6.07 Å². The minimum atomic E-state index is -3.49. The van der Waals surface area contributed by atoms with Gasteiger partial charge in [-0.3, -0.25) is 4.79 Å². The maximum absolute atomic E-state index is 12.8. The Hall–Kier alpha value is -1.15. The lowest BCUT2D eigenvalue weighted by Crippen LogP contribution is -2.44. The van der Waals surface area contributed by atoms with E-state index in [-0.39, 0.29) is 30.3 Å². The molecule has 26 heavy (non-hydrogen) atoms. The van der Waals surface area contributed by atoms with Crippen LogP contribution in [0.4, 0.5) is 0 Å². The zero-order valence-electron chi connectivity index (χ0n) is 15.3. The molecule has 2 aliphatic heterocycles. The second kappa shape index (κ2) is 8.25. The van der Waals surface area contributed by atoms with Crippen molar-refractivity contribution in [3.8, 4) is 0 Å². The monoisotopic (exact) mass is 401 g/mol. The van der Waals surface area contributed by atoms with Gasteiger partial charge in [0, 0.05) is 38.1 Å². The first kappa shape index (κ1) is 21.2. The summed E-state index contributed by atoms with van der Waals surface area (Å²) < 4.78 is 27.2. The molecule has 0 bridgehead atoms. The SMILES string of the molecule is Cc1ccc(S(=O)(=O)N2CCC(C(=O)N3CC[C@@H](N)C3)CC2)cc1C.Cl. The Labute approximate surface area is 162 Å². The molecule has 0 spiro atoms. The minimum absolute atomic E-state index is 0. The first-order valence-electron chi connectivity index (χ1n) is 8.91. The molecule has 0 unspecified atom stereocenters. The highest BCUT2D eigenvalue weighted by atomic mass is 35.5. The maximum atomic E-state index is 12.8. The van der Waals surface area contributed by atoms with Crippen LogP contribution in [0.5, 0.6) is 0 Å². The first-order chi connectivity index (χ1) is 11.8. The summed E-state index contributed by atoms with van der Waals surface area (Å²) in [6.45, 7) is 6.02. The number of aryl methyl sites for hydroxylation is 2. The van der Waals surface area contributed by atoms with Crippen LogP contribution in [0.3, 0.4) is 0 Å². The zero-order chi connectivity index (χ0) is 18.2. The smallest absolute Gasteiger partial charge is 0.243 e. The third-order valence-electron chi connectivity index (χ3n) is 5.46. The summed E-state index contributed by atoms with van der Waals surface area (Å²) in [6, 6.07) is 5.32. The fourth-order valence-corrected chi connectivity index (χ4v) is 5.17. The van der Waals surface area contributed by atoms with Crippen LogP contribution in [0.1, 0.15) is 30.4 Å². The third-order valence-corrected chi connectivity index (χ3v) is 7.35. The molecule has 1 aromatic carbocycles. The van der Waals surface area contributed by atoms with E-state index in [0.29, 0.717) is 37.4 Å². The molecule has 6 nitrogen and oxygen atoms in total. The van der Waals surface area contributed by atoms with Gasteiger partial charge in [0.15, 0.2) is 0 Å². The summed E-state index contributed by atoms with van der Waals surface area (Å²) in [4.78, 5) is 14.7. The predicted octanol–water partition coefficient (Wildman–Crippen LogP) is 1.69. The van der Waals surface area contributed by atoms with Gasteiger partial charge in [-0.05, 0) is 56.4 Å². The summed E-state index contributed by atoms with van der Waals surface area (Å²) in [6.07, 6.45) is 2.01. The molecule has 3 rings (SSSR count). The molecule has 0 saturated carbocycles. The van der Waals surface area contributed by atoms with Gasteiger partial charge in [0.25, 0.3) is 0 Å². The first-order valence-corrected chi connectivity index (χ1v) is 10.3. The lowest BCUT2D eigenvalue weighted by Gasteiger charge is -2.32. The van der Waals surface area contributed by atoms with Gasteiger partial charge in [0.05, 0.1) is 4.90 Å². The van der Waals surface area contributed by atoms with E-state index < -0.39 is 10.0 Å². The molecular weight excluding hydrogens is 374 g/mol. The number of likely N-dealkylation sites (tertiary alicyclic amines) is 1. The van der Waals surface area contributed by atoms with Gasteiger partial charge in [0.1, 0.15) is 0 Å². The van der Waals surface area contributed by atoms with Crippen LogP contribution in [0.25, 0.3) is 0 Å². The van der Waals surface area contributed by atoms with Crippen LogP contribution in [-0.2, 0) is 14.8 Å². The second-order valence-corrected chi connectivity index (χ2v) is 9.20. The molecule has 2 fully saturated rings. The molecule has 1 amide bonds. The van der Waals surface area contributed by atoms with E-state index in [9.17, 15) is 13.2 Å². The van der Waals surface area contributed by atoms with Crippen molar-refractivity contribution >= 4 is 28.3 Å². The summed E-state index contributed by atoms with van der Waals surface area (Å²) in [7, 11) is -3.49. The Balaban J connectivity index is 0.00000243. The van der Waals surface area contributed by atoms with E-state index in [1.165, 1.54) is 4.31 Å². The predicted molar refractivity (Wildman–Crippen MR) is 104 cm³/mol. The van der Waals surface area contributed by atoms with Crippen LogP contribution in [0.2, 0.25) is 0 Å². The molecule has 2 heterocycles. The number of amides is 1. The zero-order valence-corrected chi connectivity index (χ0v) is 17.0. The number of sulfonamides is 1. The molecule has 8 heteroatoms. The lowest BCUT2D eigenvalue weighted by atomic mass is 9.97. The number of nitrogens with zero attached hydrogens (tertiary/aromatic N) is 2. The number of rotatable bonds is 3. The van der Waals surface area contributed by atoms with E-state index in [2.05, 4.69) is 0 Å². The number of halogens is 1. The Kier molecular flexibility index (Phi) is 6.71. The van der Waals surface area contributed by atoms with Gasteiger partial charge in [0.2, 0.25) is 15.9 Å². The highest BCUT2D eigenvalue weighted by Gasteiger charge is 2.35. The van der Waals surface area contributed by atoms with Gasteiger partial charge >= 0.3 is 0 Å². The van der Waals surface area contributed by atoms with E-state index in [0.717, 1.165) is 24.1 Å². The molecule has 2 aliphatic rings. The molecule has 0 radical (unpaired) electrons. The number of hydrogen-bond donors (Lipinski definition) is 1. The average Bonchev–Trinajstić information content (AvgIpc) is 3.03. The average molecular weight is 402 g/mol. The van der Waals surface area contributed by atoms with Crippen molar-refractivity contribution in [1.29, 1.82) is 0 Å². The molecule has 2 N–H and O–H groups in total. The second-order valence-electron chi connectivity index (χ2n) is 7.26. The van der Waals surface area contributed by atoms with E-state index >= 15 is 0 Å². The van der Waals surface area contributed by atoms with E-state index in [1.54, 1.807) is 12.1 Å². The highest BCUT2D eigenvalue weighted by Crippen LogP contribution is 2.27. The van der Waals surface area contributed by atoms with Crippen molar-refractivity contribution in [1.82, 2.24) is 9.21 Å². The number of hydrogen-bond acceptors (Lipinski definition) is 4. The Morgan fingerprint density at radius 1 is 1.08 bits per heavy atom. The fourth-order valence-electron chi connectivity index (χ4n) is 3.61. The van der Waals surface area contributed by atoms with Crippen LogP contribution in [-0.4, -0.2) is 55.8 Å². The summed E-state index contributed by atoms with van der Waals surface area (Å²) in [5.41, 5.74) is 7.92. The van der Waals surface area contributed by atoms with E-state index in [1.807, 2.05) is 24.8 Å². The normalized spacial score (nSPS) is 22.3. The number of carbonyl (C=O) groups excluding carboxylic acids is 1. The Morgan fingerprint density at radius 3 is 2.27 bits per heavy atom. The molecule has 1 atom stereocenters.